The van der Waals surface area contributed by atoms with E-state index in [1.807, 2.05) is 24.3 Å². The number of amides is 1. The zero-order valence-corrected chi connectivity index (χ0v) is 11.5. The number of hydrogen-bond donors (Lipinski definition) is 2. The highest BCUT2D eigenvalue weighted by atomic mass is 16.5. The summed E-state index contributed by atoms with van der Waals surface area (Å²) in [4.78, 5) is 12.3. The van der Waals surface area contributed by atoms with Crippen molar-refractivity contribution in [1.29, 1.82) is 0 Å². The fraction of sp³-hybridized carbons (Fsp3) is 0.188. The van der Waals surface area contributed by atoms with Crippen LogP contribution in [0.25, 0.3) is 0 Å². The van der Waals surface area contributed by atoms with Crippen molar-refractivity contribution < 1.29 is 19.4 Å². The Morgan fingerprint density at radius 1 is 1.33 bits per heavy atom. The normalized spacial score (nSPS) is 16.0. The van der Waals surface area contributed by atoms with E-state index in [0.717, 1.165) is 11.3 Å². The number of carbonyl (C=O) groups excluding carboxylic acids is 1. The number of methoxy groups -OCH3 is 1. The second-order valence-electron chi connectivity index (χ2n) is 4.76. The largest absolute Gasteiger partial charge is 0.507 e. The maximum atomic E-state index is 12.3. The highest BCUT2D eigenvalue weighted by Crippen LogP contribution is 2.32. The van der Waals surface area contributed by atoms with Crippen LogP contribution < -0.4 is 14.8 Å². The minimum absolute atomic E-state index is 0.112. The molecule has 5 nitrogen and oxygen atoms in total. The molecule has 0 bridgehead atoms. The van der Waals surface area contributed by atoms with Gasteiger partial charge in [-0.25, -0.2) is 0 Å². The Morgan fingerprint density at radius 3 is 2.90 bits per heavy atom. The van der Waals surface area contributed by atoms with E-state index in [-0.39, 0.29) is 23.3 Å². The zero-order valence-electron chi connectivity index (χ0n) is 11.5. The molecule has 0 spiro atoms. The molecule has 0 fully saturated rings. The van der Waals surface area contributed by atoms with Crippen LogP contribution in [-0.4, -0.2) is 24.7 Å². The van der Waals surface area contributed by atoms with Gasteiger partial charge in [0.25, 0.3) is 5.91 Å². The molecule has 1 unspecified atom stereocenters. The van der Waals surface area contributed by atoms with E-state index >= 15 is 0 Å². The molecule has 21 heavy (non-hydrogen) atoms. The van der Waals surface area contributed by atoms with E-state index in [2.05, 4.69) is 5.32 Å². The molecule has 108 valence electrons. The first kappa shape index (κ1) is 13.3. The van der Waals surface area contributed by atoms with Gasteiger partial charge in [-0.1, -0.05) is 18.2 Å². The number of nitrogens with one attached hydrogen (secondary N) is 1. The van der Waals surface area contributed by atoms with E-state index < -0.39 is 0 Å². The van der Waals surface area contributed by atoms with Gasteiger partial charge >= 0.3 is 0 Å². The number of hydrogen-bond acceptors (Lipinski definition) is 4. The summed E-state index contributed by atoms with van der Waals surface area (Å²) in [7, 11) is 1.50. The second kappa shape index (κ2) is 5.36. The summed E-state index contributed by atoms with van der Waals surface area (Å²) >= 11 is 0. The summed E-state index contributed by atoms with van der Waals surface area (Å²) in [5.41, 5.74) is 1.15. The summed E-state index contributed by atoms with van der Waals surface area (Å²) < 4.78 is 10.5. The Hall–Kier alpha value is -2.69. The highest BCUT2D eigenvalue weighted by molar-refractivity contribution is 5.97. The van der Waals surface area contributed by atoms with Gasteiger partial charge in [0.15, 0.2) is 0 Å². The van der Waals surface area contributed by atoms with Gasteiger partial charge in [0.05, 0.1) is 18.7 Å². The molecular weight excluding hydrogens is 270 g/mol. The van der Waals surface area contributed by atoms with Gasteiger partial charge in [0, 0.05) is 11.6 Å². The average molecular weight is 285 g/mol. The first-order valence-electron chi connectivity index (χ1n) is 6.58. The lowest BCUT2D eigenvalue weighted by Crippen LogP contribution is -2.29. The Balaban J connectivity index is 1.79. The lowest BCUT2D eigenvalue weighted by atomic mass is 10.1. The number of aromatic hydroxyl groups is 1. The number of phenolic OH excluding ortho intramolecular Hbond substituents is 1. The number of fused-ring (bicyclic) bond motifs is 1. The molecule has 1 aliphatic heterocycles. The van der Waals surface area contributed by atoms with Crippen LogP contribution in [0, 0.1) is 0 Å². The summed E-state index contributed by atoms with van der Waals surface area (Å²) in [6.07, 6.45) is 0. The van der Waals surface area contributed by atoms with Crippen LogP contribution in [0.3, 0.4) is 0 Å². The fourth-order valence-electron chi connectivity index (χ4n) is 2.35. The Kier molecular flexibility index (Phi) is 3.39. The van der Waals surface area contributed by atoms with Crippen LogP contribution >= 0.6 is 0 Å². The van der Waals surface area contributed by atoms with Crippen LogP contribution in [-0.2, 0) is 0 Å². The molecule has 3 rings (SSSR count). The molecule has 1 heterocycles. The van der Waals surface area contributed by atoms with Gasteiger partial charge in [-0.3, -0.25) is 4.79 Å². The SMILES string of the molecule is COc1ccc(C(=O)NC2COc3ccccc32)c(O)c1. The third-order valence-electron chi connectivity index (χ3n) is 3.45. The van der Waals surface area contributed by atoms with Crippen molar-refractivity contribution in [2.75, 3.05) is 13.7 Å². The smallest absolute Gasteiger partial charge is 0.255 e. The summed E-state index contributed by atoms with van der Waals surface area (Å²) in [6, 6.07) is 11.9. The number of carbonyl (C=O) groups is 1. The van der Waals surface area contributed by atoms with Crippen molar-refractivity contribution in [3.05, 3.63) is 53.6 Å². The summed E-state index contributed by atoms with van der Waals surface area (Å²) in [5, 5.41) is 12.8. The minimum atomic E-state index is -0.347. The van der Waals surface area contributed by atoms with E-state index in [0.29, 0.717) is 12.4 Å². The van der Waals surface area contributed by atoms with Gasteiger partial charge in [-0.05, 0) is 18.2 Å². The predicted octanol–water partition coefficient (Wildman–Crippen LogP) is 2.26. The van der Waals surface area contributed by atoms with Gasteiger partial charge in [-0.15, -0.1) is 0 Å². The Labute approximate surface area is 122 Å². The van der Waals surface area contributed by atoms with Gasteiger partial charge < -0.3 is 19.9 Å². The van der Waals surface area contributed by atoms with Crippen molar-refractivity contribution in [3.8, 4) is 17.2 Å². The number of para-hydroxylation sites is 1. The molecule has 0 aromatic heterocycles. The Bertz CT molecular complexity index is 684. The molecule has 1 atom stereocenters. The summed E-state index contributed by atoms with van der Waals surface area (Å²) in [5.74, 6) is 0.819. The molecule has 2 aromatic rings. The molecule has 0 radical (unpaired) electrons. The summed E-state index contributed by atoms with van der Waals surface area (Å²) in [6.45, 7) is 0.391. The molecule has 1 amide bonds. The number of phenols is 1. The molecule has 2 N–H and O–H groups in total. The standard InChI is InChI=1S/C16H15NO4/c1-20-10-6-7-12(14(18)8-10)16(19)17-13-9-21-15-5-3-2-4-11(13)15/h2-8,13,18H,9H2,1H3,(H,17,19). The zero-order chi connectivity index (χ0) is 14.8. The first-order valence-corrected chi connectivity index (χ1v) is 6.58. The monoisotopic (exact) mass is 285 g/mol. The number of rotatable bonds is 3. The van der Waals surface area contributed by atoms with E-state index in [4.69, 9.17) is 9.47 Å². The number of benzene rings is 2. The average Bonchev–Trinajstić information content (AvgIpc) is 2.90. The molecule has 5 heteroatoms. The van der Waals surface area contributed by atoms with Gasteiger partial charge in [0.2, 0.25) is 0 Å². The molecule has 0 aliphatic carbocycles. The van der Waals surface area contributed by atoms with Crippen LogP contribution in [0.4, 0.5) is 0 Å². The maximum Gasteiger partial charge on any atom is 0.255 e. The van der Waals surface area contributed by atoms with E-state index in [1.54, 1.807) is 6.07 Å². The van der Waals surface area contributed by atoms with Crippen LogP contribution in [0.2, 0.25) is 0 Å². The molecule has 2 aromatic carbocycles. The Morgan fingerprint density at radius 2 is 2.14 bits per heavy atom. The quantitative estimate of drug-likeness (QED) is 0.907. The van der Waals surface area contributed by atoms with Crippen molar-refractivity contribution in [3.63, 3.8) is 0 Å². The van der Waals surface area contributed by atoms with Crippen molar-refractivity contribution in [2.45, 2.75) is 6.04 Å². The fourth-order valence-corrected chi connectivity index (χ4v) is 2.35. The van der Waals surface area contributed by atoms with E-state index in [9.17, 15) is 9.90 Å². The molecule has 1 aliphatic rings. The third-order valence-corrected chi connectivity index (χ3v) is 3.45. The van der Waals surface area contributed by atoms with Gasteiger partial charge in [0.1, 0.15) is 23.9 Å². The predicted molar refractivity (Wildman–Crippen MR) is 76.8 cm³/mol. The molecular formula is C16H15NO4. The topological polar surface area (TPSA) is 67.8 Å². The second-order valence-corrected chi connectivity index (χ2v) is 4.76. The maximum absolute atomic E-state index is 12.3. The van der Waals surface area contributed by atoms with Crippen LogP contribution in [0.15, 0.2) is 42.5 Å². The van der Waals surface area contributed by atoms with Crippen molar-refractivity contribution in [1.82, 2.24) is 5.32 Å². The van der Waals surface area contributed by atoms with Gasteiger partial charge in [-0.2, -0.15) is 0 Å². The first-order chi connectivity index (χ1) is 10.2. The minimum Gasteiger partial charge on any atom is -0.507 e. The lowest BCUT2D eigenvalue weighted by molar-refractivity contribution is 0.0927. The number of ether oxygens (including phenoxy) is 2. The van der Waals surface area contributed by atoms with E-state index in [1.165, 1.54) is 19.2 Å². The molecule has 0 saturated carbocycles. The lowest BCUT2D eigenvalue weighted by Gasteiger charge is -2.13. The van der Waals surface area contributed by atoms with Crippen molar-refractivity contribution >= 4 is 5.91 Å². The van der Waals surface area contributed by atoms with Crippen LogP contribution in [0.1, 0.15) is 22.0 Å². The molecule has 0 saturated heterocycles. The highest BCUT2D eigenvalue weighted by Gasteiger charge is 2.26. The van der Waals surface area contributed by atoms with Crippen molar-refractivity contribution in [2.24, 2.45) is 0 Å². The third kappa shape index (κ3) is 2.50. The van der Waals surface area contributed by atoms with Crippen LogP contribution in [0.5, 0.6) is 17.2 Å².